The molecule has 4 aromatic carbocycles. The molecule has 1 fully saturated rings. The van der Waals surface area contributed by atoms with E-state index in [0.29, 0.717) is 11.4 Å². The predicted octanol–water partition coefficient (Wildman–Crippen LogP) is 6.72. The molecule has 1 aromatic heterocycles. The van der Waals surface area contributed by atoms with E-state index in [2.05, 4.69) is 34.9 Å². The van der Waals surface area contributed by atoms with Crippen LogP contribution in [-0.4, -0.2) is 41.7 Å². The molecule has 0 radical (unpaired) electrons. The van der Waals surface area contributed by atoms with Gasteiger partial charge in [-0.3, -0.25) is 14.9 Å². The summed E-state index contributed by atoms with van der Waals surface area (Å²) in [6.07, 6.45) is 1.32. The van der Waals surface area contributed by atoms with Gasteiger partial charge in [0, 0.05) is 36.2 Å². The first-order valence-corrected chi connectivity index (χ1v) is 15.0. The van der Waals surface area contributed by atoms with Crippen molar-refractivity contribution in [2.24, 2.45) is 0 Å². The average Bonchev–Trinajstić information content (AvgIpc) is 3.71. The number of carbonyl (C=O) groups is 3. The lowest BCUT2D eigenvalue weighted by atomic mass is 9.98. The number of fused-ring (bicyclic) bond motifs is 4. The van der Waals surface area contributed by atoms with Gasteiger partial charge in [0.15, 0.2) is 0 Å². The van der Waals surface area contributed by atoms with E-state index in [1.54, 1.807) is 29.0 Å². The van der Waals surface area contributed by atoms with E-state index in [1.807, 2.05) is 36.4 Å². The van der Waals surface area contributed by atoms with Crippen molar-refractivity contribution >= 4 is 51.8 Å². The minimum absolute atomic E-state index is 0.0121. The second-order valence-electron chi connectivity index (χ2n) is 11.2. The zero-order valence-electron chi connectivity index (χ0n) is 24.0. The second kappa shape index (κ2) is 11.7. The van der Waals surface area contributed by atoms with Crippen LogP contribution in [0.1, 0.15) is 23.5 Å². The van der Waals surface area contributed by atoms with Crippen LogP contribution >= 0.6 is 11.6 Å². The maximum atomic E-state index is 13.9. The van der Waals surface area contributed by atoms with Gasteiger partial charge in [0.05, 0.1) is 22.3 Å². The summed E-state index contributed by atoms with van der Waals surface area (Å²) < 4.78 is 21.4. The minimum Gasteiger partial charge on any atom is -0.448 e. The molecule has 1 atom stereocenters. The summed E-state index contributed by atoms with van der Waals surface area (Å²) >= 11 is 5.77. The van der Waals surface area contributed by atoms with E-state index in [1.165, 1.54) is 17.0 Å². The van der Waals surface area contributed by atoms with Crippen LogP contribution in [0.5, 0.6) is 0 Å². The van der Waals surface area contributed by atoms with Gasteiger partial charge < -0.3 is 19.5 Å². The minimum atomic E-state index is -0.610. The van der Waals surface area contributed by atoms with E-state index < -0.39 is 18.0 Å². The number of hydrogen-bond acceptors (Lipinski definition) is 4. The number of benzene rings is 4. The molecule has 1 aliphatic carbocycles. The Bertz CT molecular complexity index is 1930. The molecular weight excluding hydrogens is 595 g/mol. The topological polar surface area (TPSA) is 92.7 Å². The van der Waals surface area contributed by atoms with Gasteiger partial charge in [-0.1, -0.05) is 66.2 Å². The standard InChI is InChI=1S/C35H28ClFN4O4/c36-29-13-12-22(17-30(29)37)41-18-21(16-34(41)43)38-33(42)19-40-15-14-27-31(10-5-11-32(27)40)39-35(44)45-20-28-25-8-3-1-6-23(25)24-7-2-4-9-26(24)28/h1-15,17,21,28H,16,18-20H2,(H,38,42)(H,39,44). The molecule has 7 rings (SSSR count). The van der Waals surface area contributed by atoms with E-state index in [4.69, 9.17) is 16.3 Å². The maximum absolute atomic E-state index is 13.9. The molecule has 1 aliphatic heterocycles. The number of amides is 3. The molecule has 10 heteroatoms. The SMILES string of the molecule is O=C(Cn1ccc2c(NC(=O)OCC3c4ccccc4-c4ccccc43)cccc21)NC1CC(=O)N(c2ccc(Cl)c(F)c2)C1. The van der Waals surface area contributed by atoms with Crippen molar-refractivity contribution in [2.45, 2.75) is 24.9 Å². The molecule has 2 heterocycles. The second-order valence-corrected chi connectivity index (χ2v) is 11.6. The van der Waals surface area contributed by atoms with Crippen molar-refractivity contribution in [1.29, 1.82) is 0 Å². The first kappa shape index (κ1) is 28.6. The quantitative estimate of drug-likeness (QED) is 0.211. The number of rotatable bonds is 7. The Morgan fingerprint density at radius 2 is 1.67 bits per heavy atom. The lowest BCUT2D eigenvalue weighted by molar-refractivity contribution is -0.122. The summed E-state index contributed by atoms with van der Waals surface area (Å²) in [7, 11) is 0. The normalized spacial score (nSPS) is 15.6. The zero-order chi connectivity index (χ0) is 31.1. The predicted molar refractivity (Wildman–Crippen MR) is 171 cm³/mol. The van der Waals surface area contributed by atoms with Crippen molar-refractivity contribution in [1.82, 2.24) is 9.88 Å². The van der Waals surface area contributed by atoms with Crippen LogP contribution in [-0.2, 0) is 20.9 Å². The molecule has 2 aliphatic rings. The number of anilines is 2. The molecule has 45 heavy (non-hydrogen) atoms. The third kappa shape index (κ3) is 5.51. The Morgan fingerprint density at radius 3 is 2.40 bits per heavy atom. The molecular formula is C35H28ClFN4O4. The number of aromatic nitrogens is 1. The van der Waals surface area contributed by atoms with Crippen molar-refractivity contribution in [3.05, 3.63) is 119 Å². The van der Waals surface area contributed by atoms with Crippen LogP contribution in [0.3, 0.4) is 0 Å². The Hall–Kier alpha value is -5.15. The van der Waals surface area contributed by atoms with Crippen LogP contribution in [0.4, 0.5) is 20.6 Å². The van der Waals surface area contributed by atoms with Gasteiger partial charge in [-0.15, -0.1) is 0 Å². The Labute approximate surface area is 263 Å². The van der Waals surface area contributed by atoms with Crippen molar-refractivity contribution < 1.29 is 23.5 Å². The van der Waals surface area contributed by atoms with E-state index in [0.717, 1.165) is 33.2 Å². The van der Waals surface area contributed by atoms with Gasteiger partial charge in [-0.05, 0) is 58.7 Å². The summed E-state index contributed by atoms with van der Waals surface area (Å²) in [6, 6.07) is 27.4. The molecule has 0 saturated carbocycles. The lowest BCUT2D eigenvalue weighted by Crippen LogP contribution is -2.38. The summed E-state index contributed by atoms with van der Waals surface area (Å²) in [4.78, 5) is 39.9. The molecule has 1 unspecified atom stereocenters. The van der Waals surface area contributed by atoms with Crippen LogP contribution in [0.25, 0.3) is 22.0 Å². The number of halogens is 2. The highest BCUT2D eigenvalue weighted by atomic mass is 35.5. The third-order valence-electron chi connectivity index (χ3n) is 8.41. The van der Waals surface area contributed by atoms with E-state index in [9.17, 15) is 18.8 Å². The summed E-state index contributed by atoms with van der Waals surface area (Å²) in [6.45, 7) is 0.440. The van der Waals surface area contributed by atoms with Crippen LogP contribution in [0.15, 0.2) is 97.2 Å². The molecule has 0 bridgehead atoms. The van der Waals surface area contributed by atoms with Gasteiger partial charge in [-0.2, -0.15) is 0 Å². The first-order valence-electron chi connectivity index (χ1n) is 14.6. The summed E-state index contributed by atoms with van der Waals surface area (Å²) in [5, 5.41) is 6.51. The van der Waals surface area contributed by atoms with Crippen LogP contribution in [0, 0.1) is 5.82 Å². The van der Waals surface area contributed by atoms with Gasteiger partial charge >= 0.3 is 6.09 Å². The average molecular weight is 623 g/mol. The monoisotopic (exact) mass is 622 g/mol. The molecule has 226 valence electrons. The molecule has 5 aromatic rings. The van der Waals surface area contributed by atoms with Crippen molar-refractivity contribution in [3.8, 4) is 11.1 Å². The number of hydrogen-bond donors (Lipinski definition) is 2. The van der Waals surface area contributed by atoms with Crippen LogP contribution in [0.2, 0.25) is 5.02 Å². The highest BCUT2D eigenvalue weighted by Gasteiger charge is 2.32. The fourth-order valence-electron chi connectivity index (χ4n) is 6.35. The van der Waals surface area contributed by atoms with E-state index in [-0.39, 0.29) is 48.9 Å². The maximum Gasteiger partial charge on any atom is 0.411 e. The Kier molecular flexibility index (Phi) is 7.47. The number of carbonyl (C=O) groups excluding carboxylic acids is 3. The largest absolute Gasteiger partial charge is 0.448 e. The highest BCUT2D eigenvalue weighted by Crippen LogP contribution is 2.44. The molecule has 8 nitrogen and oxygen atoms in total. The lowest BCUT2D eigenvalue weighted by Gasteiger charge is -2.18. The number of nitrogens with zero attached hydrogens (tertiary/aromatic N) is 2. The van der Waals surface area contributed by atoms with Gasteiger partial charge in [-0.25, -0.2) is 9.18 Å². The fraction of sp³-hybridized carbons (Fsp3) is 0.171. The van der Waals surface area contributed by atoms with Gasteiger partial charge in [0.1, 0.15) is 19.0 Å². The fourth-order valence-corrected chi connectivity index (χ4v) is 6.47. The summed E-state index contributed by atoms with van der Waals surface area (Å²) in [5.74, 6) is -1.14. The Morgan fingerprint density at radius 1 is 0.933 bits per heavy atom. The highest BCUT2D eigenvalue weighted by molar-refractivity contribution is 6.30. The smallest absolute Gasteiger partial charge is 0.411 e. The first-order chi connectivity index (χ1) is 21.9. The van der Waals surface area contributed by atoms with E-state index >= 15 is 0 Å². The Balaban J connectivity index is 0.983. The number of nitrogens with one attached hydrogen (secondary N) is 2. The molecule has 3 amide bonds. The summed E-state index contributed by atoms with van der Waals surface area (Å²) in [5.41, 5.74) is 6.30. The van der Waals surface area contributed by atoms with Crippen LogP contribution < -0.4 is 15.5 Å². The van der Waals surface area contributed by atoms with Crippen molar-refractivity contribution in [3.63, 3.8) is 0 Å². The van der Waals surface area contributed by atoms with Crippen molar-refractivity contribution in [2.75, 3.05) is 23.4 Å². The zero-order valence-corrected chi connectivity index (χ0v) is 24.8. The van der Waals surface area contributed by atoms with Gasteiger partial charge in [0.2, 0.25) is 11.8 Å². The third-order valence-corrected chi connectivity index (χ3v) is 8.72. The molecule has 1 saturated heterocycles. The molecule has 0 spiro atoms. The number of ether oxygens (including phenoxy) is 1. The van der Waals surface area contributed by atoms with Gasteiger partial charge in [0.25, 0.3) is 0 Å². The molecule has 2 N–H and O–H groups in total.